The van der Waals surface area contributed by atoms with Crippen LogP contribution in [0.2, 0.25) is 0 Å². The zero-order valence-electron chi connectivity index (χ0n) is 18.8. The Balaban J connectivity index is 1.47. The summed E-state index contributed by atoms with van der Waals surface area (Å²) in [6.45, 7) is 0.161. The van der Waals surface area contributed by atoms with Gasteiger partial charge in [-0.3, -0.25) is 9.59 Å². The highest BCUT2D eigenvalue weighted by molar-refractivity contribution is 5.87. The number of hydrogen-bond acceptors (Lipinski definition) is 4. The molecule has 1 aliphatic rings. The molecule has 1 atom stereocenters. The van der Waals surface area contributed by atoms with Crippen molar-refractivity contribution in [3.63, 3.8) is 0 Å². The van der Waals surface area contributed by atoms with E-state index >= 15 is 0 Å². The predicted molar refractivity (Wildman–Crippen MR) is 127 cm³/mol. The molecular weight excluding hydrogens is 432 g/mol. The largest absolute Gasteiger partial charge is 0.481 e. The molecule has 0 saturated carbocycles. The van der Waals surface area contributed by atoms with E-state index in [1.165, 1.54) is 11.9 Å². The second-order valence-electron chi connectivity index (χ2n) is 8.22. The minimum absolute atomic E-state index is 0.0316. The predicted octanol–water partition coefficient (Wildman–Crippen LogP) is 4.20. The fourth-order valence-corrected chi connectivity index (χ4v) is 4.28. The van der Waals surface area contributed by atoms with Crippen LogP contribution >= 0.6 is 0 Å². The summed E-state index contributed by atoms with van der Waals surface area (Å²) >= 11 is 0. The van der Waals surface area contributed by atoms with Gasteiger partial charge in [0.2, 0.25) is 5.91 Å². The summed E-state index contributed by atoms with van der Waals surface area (Å²) in [7, 11) is 1.51. The number of carbonyl (C=O) groups excluding carboxylic acids is 2. The number of fused-ring (bicyclic) bond motifs is 3. The number of alkyl carbamates (subject to hydrolysis) is 1. The maximum Gasteiger partial charge on any atom is 0.408 e. The molecule has 174 valence electrons. The van der Waals surface area contributed by atoms with Crippen LogP contribution in [-0.2, 0) is 14.3 Å². The summed E-state index contributed by atoms with van der Waals surface area (Å²) < 4.78 is 5.60. The van der Waals surface area contributed by atoms with Gasteiger partial charge >= 0.3 is 12.1 Å². The van der Waals surface area contributed by atoms with Crippen LogP contribution in [0.1, 0.15) is 35.1 Å². The van der Waals surface area contributed by atoms with Gasteiger partial charge in [-0.25, -0.2) is 4.79 Å². The Morgan fingerprint density at radius 3 is 2.06 bits per heavy atom. The normalized spacial score (nSPS) is 12.9. The third-order valence-corrected chi connectivity index (χ3v) is 6.02. The first kappa shape index (κ1) is 23.0. The fraction of sp³-hybridized carbons (Fsp3) is 0.222. The molecule has 0 unspecified atom stereocenters. The number of nitrogens with zero attached hydrogens (tertiary/aromatic N) is 1. The minimum atomic E-state index is -1.000. The average Bonchev–Trinajstić information content (AvgIpc) is 3.18. The van der Waals surface area contributed by atoms with Gasteiger partial charge in [0.05, 0.1) is 6.42 Å². The van der Waals surface area contributed by atoms with E-state index in [9.17, 15) is 14.4 Å². The Morgan fingerprint density at radius 2 is 1.47 bits per heavy atom. The Hall–Kier alpha value is -4.13. The molecule has 0 spiro atoms. The van der Waals surface area contributed by atoms with E-state index in [4.69, 9.17) is 9.84 Å². The van der Waals surface area contributed by atoms with E-state index in [0.29, 0.717) is 5.56 Å². The van der Waals surface area contributed by atoms with Crippen molar-refractivity contribution in [1.29, 1.82) is 0 Å². The van der Waals surface area contributed by atoms with Crippen molar-refractivity contribution in [3.05, 3.63) is 95.6 Å². The molecule has 1 aliphatic carbocycles. The van der Waals surface area contributed by atoms with Gasteiger partial charge in [-0.15, -0.1) is 0 Å². The maximum atomic E-state index is 13.0. The Labute approximate surface area is 198 Å². The van der Waals surface area contributed by atoms with Crippen LogP contribution in [0, 0.1) is 0 Å². The first-order valence-electron chi connectivity index (χ1n) is 11.1. The molecule has 0 heterocycles. The molecule has 7 nitrogen and oxygen atoms in total. The minimum Gasteiger partial charge on any atom is -0.481 e. The Kier molecular flexibility index (Phi) is 6.92. The van der Waals surface area contributed by atoms with E-state index < -0.39 is 24.0 Å². The molecule has 0 saturated heterocycles. The van der Waals surface area contributed by atoms with Crippen molar-refractivity contribution in [2.45, 2.75) is 18.4 Å². The molecule has 2 N–H and O–H groups in total. The highest BCUT2D eigenvalue weighted by atomic mass is 16.5. The number of hydrogen-bond donors (Lipinski definition) is 2. The quantitative estimate of drug-likeness (QED) is 0.528. The van der Waals surface area contributed by atoms with Crippen LogP contribution in [0.4, 0.5) is 4.79 Å². The van der Waals surface area contributed by atoms with Gasteiger partial charge in [-0.2, -0.15) is 0 Å². The van der Waals surface area contributed by atoms with Crippen molar-refractivity contribution in [2.24, 2.45) is 0 Å². The number of nitrogens with one attached hydrogen (secondary N) is 1. The van der Waals surface area contributed by atoms with Crippen molar-refractivity contribution >= 4 is 18.0 Å². The zero-order chi connectivity index (χ0) is 24.1. The second-order valence-corrected chi connectivity index (χ2v) is 8.22. The fourth-order valence-electron chi connectivity index (χ4n) is 4.28. The lowest BCUT2D eigenvalue weighted by Crippen LogP contribution is -2.42. The Morgan fingerprint density at radius 1 is 0.912 bits per heavy atom. The summed E-state index contributed by atoms with van der Waals surface area (Å²) in [4.78, 5) is 38.0. The second kappa shape index (κ2) is 10.2. The third-order valence-electron chi connectivity index (χ3n) is 6.02. The highest BCUT2D eigenvalue weighted by Crippen LogP contribution is 2.44. The van der Waals surface area contributed by atoms with Crippen molar-refractivity contribution in [2.75, 3.05) is 20.2 Å². The van der Waals surface area contributed by atoms with Crippen LogP contribution in [0.5, 0.6) is 0 Å². The van der Waals surface area contributed by atoms with Crippen LogP contribution in [0.3, 0.4) is 0 Å². The van der Waals surface area contributed by atoms with E-state index in [0.717, 1.165) is 22.3 Å². The van der Waals surface area contributed by atoms with Crippen molar-refractivity contribution in [3.8, 4) is 11.1 Å². The lowest BCUT2D eigenvalue weighted by Gasteiger charge is -2.24. The van der Waals surface area contributed by atoms with E-state index in [1.807, 2.05) is 42.5 Å². The lowest BCUT2D eigenvalue weighted by atomic mass is 9.98. The molecule has 34 heavy (non-hydrogen) atoms. The number of carboxylic acid groups (broad SMARTS) is 1. The van der Waals surface area contributed by atoms with Crippen molar-refractivity contribution in [1.82, 2.24) is 10.2 Å². The van der Waals surface area contributed by atoms with E-state index in [1.54, 1.807) is 24.3 Å². The first-order valence-corrected chi connectivity index (χ1v) is 11.1. The van der Waals surface area contributed by atoms with Crippen LogP contribution in [0.25, 0.3) is 11.1 Å². The first-order chi connectivity index (χ1) is 16.5. The number of aliphatic carboxylic acids is 1. The molecule has 7 heteroatoms. The summed E-state index contributed by atoms with van der Waals surface area (Å²) in [6.07, 6.45) is -0.898. The van der Waals surface area contributed by atoms with Gasteiger partial charge in [0.1, 0.15) is 12.6 Å². The number of carbonyl (C=O) groups is 3. The highest BCUT2D eigenvalue weighted by Gasteiger charge is 2.30. The molecule has 0 fully saturated rings. The third kappa shape index (κ3) is 4.93. The van der Waals surface area contributed by atoms with Crippen LogP contribution < -0.4 is 5.32 Å². The molecule has 4 rings (SSSR count). The summed E-state index contributed by atoms with van der Waals surface area (Å²) in [5.41, 5.74) is 5.04. The molecule has 0 aliphatic heterocycles. The SMILES string of the molecule is CN(CCC(=O)O)C(=O)[C@@H](NC(=O)OCC1c2ccccc2-c2ccccc21)c1ccccc1. The van der Waals surface area contributed by atoms with Gasteiger partial charge in [0, 0.05) is 19.5 Å². The van der Waals surface area contributed by atoms with Crippen molar-refractivity contribution < 1.29 is 24.2 Å². The average molecular weight is 459 g/mol. The van der Waals surface area contributed by atoms with Gasteiger partial charge < -0.3 is 20.1 Å². The molecule has 0 bridgehead atoms. The van der Waals surface area contributed by atoms with E-state index in [-0.39, 0.29) is 25.5 Å². The van der Waals surface area contributed by atoms with Crippen LogP contribution in [0.15, 0.2) is 78.9 Å². The smallest absolute Gasteiger partial charge is 0.408 e. The number of likely N-dealkylation sites (N-methyl/N-ethyl adjacent to an activating group) is 1. The Bertz CT molecular complexity index is 1150. The summed E-state index contributed by atoms with van der Waals surface area (Å²) in [6, 6.07) is 23.9. The zero-order valence-corrected chi connectivity index (χ0v) is 18.8. The summed E-state index contributed by atoms with van der Waals surface area (Å²) in [5.74, 6) is -1.51. The summed E-state index contributed by atoms with van der Waals surface area (Å²) in [5, 5.41) is 11.6. The number of carboxylic acids is 1. The van der Waals surface area contributed by atoms with Gasteiger partial charge in [-0.05, 0) is 27.8 Å². The number of amides is 2. The van der Waals surface area contributed by atoms with Crippen LogP contribution in [-0.4, -0.2) is 48.2 Å². The number of ether oxygens (including phenoxy) is 1. The molecule has 3 aromatic carbocycles. The topological polar surface area (TPSA) is 95.9 Å². The van der Waals surface area contributed by atoms with Gasteiger partial charge in [-0.1, -0.05) is 78.9 Å². The molecular formula is C27H26N2O5. The number of benzene rings is 3. The maximum absolute atomic E-state index is 13.0. The van der Waals surface area contributed by atoms with Gasteiger partial charge in [0.25, 0.3) is 0 Å². The molecule has 0 radical (unpaired) electrons. The molecule has 0 aromatic heterocycles. The monoisotopic (exact) mass is 458 g/mol. The van der Waals surface area contributed by atoms with E-state index in [2.05, 4.69) is 17.4 Å². The standard InChI is InChI=1S/C27H26N2O5/c1-29(16-15-24(30)31)26(32)25(18-9-3-2-4-10-18)28-27(33)34-17-23-21-13-7-5-11-19(21)20-12-6-8-14-22(20)23/h2-14,23,25H,15-17H2,1H3,(H,28,33)(H,30,31)/t25-/m0/s1. The van der Waals surface area contributed by atoms with Gasteiger partial charge in [0.15, 0.2) is 0 Å². The molecule has 2 amide bonds. The molecule has 3 aromatic rings. The lowest BCUT2D eigenvalue weighted by molar-refractivity contribution is -0.138. The number of rotatable bonds is 8.